The lowest BCUT2D eigenvalue weighted by molar-refractivity contribution is -0.115. The van der Waals surface area contributed by atoms with Crippen LogP contribution in [0.15, 0.2) is 60.0 Å². The first-order chi connectivity index (χ1) is 12.7. The summed E-state index contributed by atoms with van der Waals surface area (Å²) in [5.74, 6) is -0.445. The molecule has 0 spiro atoms. The van der Waals surface area contributed by atoms with Gasteiger partial charge in [0.1, 0.15) is 5.69 Å². The van der Waals surface area contributed by atoms with Crippen molar-refractivity contribution in [1.29, 1.82) is 0 Å². The van der Waals surface area contributed by atoms with E-state index in [1.165, 1.54) is 11.3 Å². The van der Waals surface area contributed by atoms with Crippen LogP contribution in [0.2, 0.25) is 0 Å². The summed E-state index contributed by atoms with van der Waals surface area (Å²) in [7, 11) is 0. The molecule has 3 aromatic rings. The van der Waals surface area contributed by atoms with Crippen molar-refractivity contribution < 1.29 is 9.59 Å². The molecule has 3 rings (SSSR count). The van der Waals surface area contributed by atoms with Gasteiger partial charge in [-0.05, 0) is 23.6 Å². The normalized spacial score (nSPS) is 10.3. The Morgan fingerprint density at radius 3 is 2.50 bits per heavy atom. The van der Waals surface area contributed by atoms with E-state index in [-0.39, 0.29) is 23.9 Å². The summed E-state index contributed by atoms with van der Waals surface area (Å²) in [5.41, 5.74) is 3.06. The number of aromatic nitrogens is 1. The standard InChI is InChI=1S/C20H19N3O2S/c1-2-15-10-6-7-11-16(15)21-19(25)17-13-26-20(22-17)23-18(24)12-14-8-4-3-5-9-14/h3-11,13H,2,12H2,1H3,(H,21,25)(H,22,23,24). The van der Waals surface area contributed by atoms with Crippen molar-refractivity contribution in [3.8, 4) is 0 Å². The van der Waals surface area contributed by atoms with Gasteiger partial charge >= 0.3 is 0 Å². The van der Waals surface area contributed by atoms with E-state index in [9.17, 15) is 9.59 Å². The van der Waals surface area contributed by atoms with Gasteiger partial charge in [0, 0.05) is 11.1 Å². The first-order valence-corrected chi connectivity index (χ1v) is 9.22. The Bertz CT molecular complexity index is 906. The molecule has 0 aliphatic rings. The molecule has 132 valence electrons. The Hall–Kier alpha value is -2.99. The maximum absolute atomic E-state index is 12.4. The number of amides is 2. The molecule has 0 bridgehead atoms. The highest BCUT2D eigenvalue weighted by atomic mass is 32.1. The summed E-state index contributed by atoms with van der Waals surface area (Å²) in [4.78, 5) is 28.7. The van der Waals surface area contributed by atoms with Crippen molar-refractivity contribution in [3.63, 3.8) is 0 Å². The number of anilines is 2. The van der Waals surface area contributed by atoms with Crippen LogP contribution in [-0.4, -0.2) is 16.8 Å². The van der Waals surface area contributed by atoms with Gasteiger partial charge in [-0.2, -0.15) is 0 Å². The summed E-state index contributed by atoms with van der Waals surface area (Å²) in [6.07, 6.45) is 1.10. The highest BCUT2D eigenvalue weighted by Gasteiger charge is 2.14. The summed E-state index contributed by atoms with van der Waals surface area (Å²) in [6, 6.07) is 17.1. The Morgan fingerprint density at radius 2 is 1.73 bits per heavy atom. The lowest BCUT2D eigenvalue weighted by Gasteiger charge is -2.08. The minimum atomic E-state index is -0.286. The minimum Gasteiger partial charge on any atom is -0.320 e. The lowest BCUT2D eigenvalue weighted by Crippen LogP contribution is -2.16. The molecular weight excluding hydrogens is 346 g/mol. The molecule has 2 amide bonds. The predicted octanol–water partition coefficient (Wildman–Crippen LogP) is 4.14. The molecule has 26 heavy (non-hydrogen) atoms. The number of benzene rings is 2. The molecule has 6 heteroatoms. The van der Waals surface area contributed by atoms with Crippen molar-refractivity contribution in [1.82, 2.24) is 4.98 Å². The van der Waals surface area contributed by atoms with Crippen LogP contribution < -0.4 is 10.6 Å². The van der Waals surface area contributed by atoms with E-state index < -0.39 is 0 Å². The van der Waals surface area contributed by atoms with Gasteiger partial charge in [0.25, 0.3) is 5.91 Å². The molecule has 5 nitrogen and oxygen atoms in total. The molecule has 1 heterocycles. The third-order valence-corrected chi connectivity index (χ3v) is 4.59. The SMILES string of the molecule is CCc1ccccc1NC(=O)c1csc(NC(=O)Cc2ccccc2)n1. The smallest absolute Gasteiger partial charge is 0.275 e. The van der Waals surface area contributed by atoms with Crippen molar-refractivity contribution in [2.45, 2.75) is 19.8 Å². The molecule has 0 aliphatic heterocycles. The van der Waals surface area contributed by atoms with E-state index in [0.29, 0.717) is 5.13 Å². The number of hydrogen-bond donors (Lipinski definition) is 2. The Morgan fingerprint density at radius 1 is 1.00 bits per heavy atom. The molecule has 0 radical (unpaired) electrons. The Kier molecular flexibility index (Phi) is 5.76. The maximum Gasteiger partial charge on any atom is 0.275 e. The molecular formula is C20H19N3O2S. The van der Waals surface area contributed by atoms with Crippen LogP contribution in [-0.2, 0) is 17.6 Å². The first-order valence-electron chi connectivity index (χ1n) is 8.34. The lowest BCUT2D eigenvalue weighted by atomic mass is 10.1. The molecule has 0 aliphatic carbocycles. The van der Waals surface area contributed by atoms with Crippen molar-refractivity contribution in [3.05, 3.63) is 76.8 Å². The number of nitrogens with zero attached hydrogens (tertiary/aromatic N) is 1. The van der Waals surface area contributed by atoms with Crippen molar-refractivity contribution in [2.75, 3.05) is 10.6 Å². The largest absolute Gasteiger partial charge is 0.320 e. The number of nitrogens with one attached hydrogen (secondary N) is 2. The van der Waals surface area contributed by atoms with Crippen LogP contribution in [0.25, 0.3) is 0 Å². The molecule has 0 unspecified atom stereocenters. The predicted molar refractivity (Wildman–Crippen MR) is 105 cm³/mol. The van der Waals surface area contributed by atoms with Crippen molar-refractivity contribution >= 4 is 34.0 Å². The number of para-hydroxylation sites is 1. The van der Waals surface area contributed by atoms with Gasteiger partial charge < -0.3 is 10.6 Å². The Labute approximate surface area is 156 Å². The van der Waals surface area contributed by atoms with Crippen LogP contribution in [0.5, 0.6) is 0 Å². The van der Waals surface area contributed by atoms with Crippen LogP contribution >= 0.6 is 11.3 Å². The molecule has 0 atom stereocenters. The van der Waals surface area contributed by atoms with Gasteiger partial charge in [-0.25, -0.2) is 4.98 Å². The zero-order chi connectivity index (χ0) is 18.4. The fourth-order valence-electron chi connectivity index (χ4n) is 2.52. The Balaban J connectivity index is 1.62. The second-order valence-electron chi connectivity index (χ2n) is 5.71. The number of aryl methyl sites for hydroxylation is 1. The van der Waals surface area contributed by atoms with Gasteiger partial charge in [0.2, 0.25) is 5.91 Å². The summed E-state index contributed by atoms with van der Waals surface area (Å²) < 4.78 is 0. The van der Waals surface area contributed by atoms with Gasteiger partial charge in [-0.1, -0.05) is 55.5 Å². The van der Waals surface area contributed by atoms with E-state index >= 15 is 0 Å². The highest BCUT2D eigenvalue weighted by molar-refractivity contribution is 7.14. The van der Waals surface area contributed by atoms with Crippen LogP contribution in [0.1, 0.15) is 28.5 Å². The maximum atomic E-state index is 12.4. The minimum absolute atomic E-state index is 0.158. The molecule has 0 saturated heterocycles. The van der Waals surface area contributed by atoms with Gasteiger partial charge in [-0.3, -0.25) is 9.59 Å². The van der Waals surface area contributed by atoms with Gasteiger partial charge in [0.05, 0.1) is 6.42 Å². The fourth-order valence-corrected chi connectivity index (χ4v) is 3.22. The number of rotatable bonds is 6. The second kappa shape index (κ2) is 8.40. The van der Waals surface area contributed by atoms with E-state index in [0.717, 1.165) is 23.2 Å². The summed E-state index contributed by atoms with van der Waals surface area (Å²) in [6.45, 7) is 2.04. The number of carbonyl (C=O) groups excluding carboxylic acids is 2. The topological polar surface area (TPSA) is 71.1 Å². The third-order valence-electron chi connectivity index (χ3n) is 3.84. The van der Waals surface area contributed by atoms with Crippen molar-refractivity contribution in [2.24, 2.45) is 0 Å². The zero-order valence-corrected chi connectivity index (χ0v) is 15.2. The quantitative estimate of drug-likeness (QED) is 0.690. The van der Waals surface area contributed by atoms with Crippen LogP contribution in [0, 0.1) is 0 Å². The van der Waals surface area contributed by atoms with E-state index in [1.54, 1.807) is 5.38 Å². The monoisotopic (exact) mass is 365 g/mol. The molecule has 0 saturated carbocycles. The van der Waals surface area contributed by atoms with Gasteiger partial charge in [-0.15, -0.1) is 11.3 Å². The number of carbonyl (C=O) groups is 2. The number of hydrogen-bond acceptors (Lipinski definition) is 4. The average molecular weight is 365 g/mol. The number of thiazole rings is 1. The van der Waals surface area contributed by atoms with E-state index in [4.69, 9.17) is 0 Å². The van der Waals surface area contributed by atoms with Crippen LogP contribution in [0.3, 0.4) is 0 Å². The third kappa shape index (κ3) is 4.55. The molecule has 2 aromatic carbocycles. The summed E-state index contributed by atoms with van der Waals surface area (Å²) in [5, 5.41) is 7.67. The van der Waals surface area contributed by atoms with E-state index in [1.807, 2.05) is 61.5 Å². The second-order valence-corrected chi connectivity index (χ2v) is 6.57. The van der Waals surface area contributed by atoms with Crippen LogP contribution in [0.4, 0.5) is 10.8 Å². The first kappa shape index (κ1) is 17.8. The highest BCUT2D eigenvalue weighted by Crippen LogP contribution is 2.19. The molecule has 1 aromatic heterocycles. The molecule has 2 N–H and O–H groups in total. The average Bonchev–Trinajstić information content (AvgIpc) is 3.11. The van der Waals surface area contributed by atoms with E-state index in [2.05, 4.69) is 15.6 Å². The summed E-state index contributed by atoms with van der Waals surface area (Å²) >= 11 is 1.23. The molecule has 0 fully saturated rings. The zero-order valence-electron chi connectivity index (χ0n) is 14.4. The van der Waals surface area contributed by atoms with Gasteiger partial charge in [0.15, 0.2) is 5.13 Å². The fraction of sp³-hybridized carbons (Fsp3) is 0.150.